The molecule has 1 fully saturated rings. The molecule has 2 heterocycles. The van der Waals surface area contributed by atoms with Crippen LogP contribution < -0.4 is 10.1 Å². The van der Waals surface area contributed by atoms with Crippen molar-refractivity contribution in [2.45, 2.75) is 18.9 Å². The first kappa shape index (κ1) is 20.8. The highest BCUT2D eigenvalue weighted by molar-refractivity contribution is 5.89. The van der Waals surface area contributed by atoms with Gasteiger partial charge in [0, 0.05) is 19.2 Å². The minimum atomic E-state index is -0.510. The zero-order chi connectivity index (χ0) is 21.6. The monoisotopic (exact) mass is 421 g/mol. The lowest BCUT2D eigenvalue weighted by Gasteiger charge is -2.34. The molecule has 1 atom stereocenters. The minimum absolute atomic E-state index is 0.135. The number of benzene rings is 2. The Labute approximate surface area is 180 Å². The van der Waals surface area contributed by atoms with Crippen molar-refractivity contribution >= 4 is 11.7 Å². The second-order valence-corrected chi connectivity index (χ2v) is 7.55. The Hall–Kier alpha value is -3.45. The largest absolute Gasteiger partial charge is 0.439 e. The Kier molecular flexibility index (Phi) is 6.43. The molecule has 3 aromatic rings. The van der Waals surface area contributed by atoms with Gasteiger partial charge in [-0.3, -0.25) is 0 Å². The van der Waals surface area contributed by atoms with Gasteiger partial charge in [0.2, 0.25) is 5.88 Å². The molecule has 2 N–H and O–H groups in total. The van der Waals surface area contributed by atoms with Crippen molar-refractivity contribution in [3.8, 4) is 11.6 Å². The van der Waals surface area contributed by atoms with E-state index in [-0.39, 0.29) is 17.8 Å². The first-order valence-corrected chi connectivity index (χ1v) is 10.3. The van der Waals surface area contributed by atoms with E-state index in [1.807, 2.05) is 30.3 Å². The van der Waals surface area contributed by atoms with Gasteiger partial charge in [-0.2, -0.15) is 0 Å². The molecule has 1 aliphatic rings. The van der Waals surface area contributed by atoms with Gasteiger partial charge in [0.15, 0.2) is 0 Å². The topological polar surface area (TPSA) is 74.7 Å². The maximum absolute atomic E-state index is 13.0. The second-order valence-electron chi connectivity index (χ2n) is 7.55. The molecule has 2 amide bonds. The molecule has 0 bridgehead atoms. The summed E-state index contributed by atoms with van der Waals surface area (Å²) >= 11 is 0. The molecule has 0 saturated carbocycles. The van der Waals surface area contributed by atoms with Crippen molar-refractivity contribution in [1.82, 2.24) is 9.88 Å². The quantitative estimate of drug-likeness (QED) is 0.609. The number of aliphatic hydroxyl groups excluding tert-OH is 1. The van der Waals surface area contributed by atoms with Crippen LogP contribution >= 0.6 is 0 Å². The molecule has 31 heavy (non-hydrogen) atoms. The number of nitrogens with one attached hydrogen (secondary N) is 1. The minimum Gasteiger partial charge on any atom is -0.439 e. The van der Waals surface area contributed by atoms with Crippen molar-refractivity contribution in [1.29, 1.82) is 0 Å². The molecule has 4 rings (SSSR count). The smallest absolute Gasteiger partial charge is 0.321 e. The fourth-order valence-corrected chi connectivity index (χ4v) is 3.68. The SMILES string of the molecule is O=C(Nc1ccc(Oc2ccc(F)cc2)nc1)N1CCC(C(O)c2ccccc2)CC1. The maximum atomic E-state index is 13.0. The molecule has 1 aliphatic heterocycles. The molecular formula is C24H24FN3O3. The highest BCUT2D eigenvalue weighted by atomic mass is 19.1. The fraction of sp³-hybridized carbons (Fsp3) is 0.250. The predicted octanol–water partition coefficient (Wildman–Crippen LogP) is 4.99. The number of pyridine rings is 1. The summed E-state index contributed by atoms with van der Waals surface area (Å²) in [5, 5.41) is 13.4. The predicted molar refractivity (Wildman–Crippen MR) is 115 cm³/mol. The number of urea groups is 1. The Morgan fingerprint density at radius 2 is 1.77 bits per heavy atom. The highest BCUT2D eigenvalue weighted by Crippen LogP contribution is 2.30. The number of ether oxygens (including phenoxy) is 1. The highest BCUT2D eigenvalue weighted by Gasteiger charge is 2.28. The first-order chi connectivity index (χ1) is 15.1. The Bertz CT molecular complexity index is 989. The van der Waals surface area contributed by atoms with Gasteiger partial charge in [-0.1, -0.05) is 30.3 Å². The third-order valence-electron chi connectivity index (χ3n) is 5.44. The Morgan fingerprint density at radius 3 is 2.42 bits per heavy atom. The van der Waals surface area contributed by atoms with E-state index in [0.717, 1.165) is 18.4 Å². The molecule has 1 unspecified atom stereocenters. The summed E-state index contributed by atoms with van der Waals surface area (Å²) < 4.78 is 18.5. The molecule has 0 radical (unpaired) electrons. The zero-order valence-electron chi connectivity index (χ0n) is 16.9. The van der Waals surface area contributed by atoms with Gasteiger partial charge in [0.25, 0.3) is 0 Å². The lowest BCUT2D eigenvalue weighted by molar-refractivity contribution is 0.0683. The van der Waals surface area contributed by atoms with E-state index in [2.05, 4.69) is 10.3 Å². The van der Waals surface area contributed by atoms with Crippen molar-refractivity contribution in [2.75, 3.05) is 18.4 Å². The lowest BCUT2D eigenvalue weighted by Crippen LogP contribution is -2.42. The molecule has 1 saturated heterocycles. The van der Waals surface area contributed by atoms with Crippen molar-refractivity contribution in [3.05, 3.63) is 84.3 Å². The van der Waals surface area contributed by atoms with E-state index >= 15 is 0 Å². The molecule has 7 heteroatoms. The van der Waals surface area contributed by atoms with Crippen molar-refractivity contribution in [3.63, 3.8) is 0 Å². The molecule has 0 aliphatic carbocycles. The van der Waals surface area contributed by atoms with Crippen LogP contribution in [-0.4, -0.2) is 34.1 Å². The van der Waals surface area contributed by atoms with Crippen LogP contribution in [0.1, 0.15) is 24.5 Å². The molecular weight excluding hydrogens is 397 g/mol. The van der Waals surface area contributed by atoms with Gasteiger partial charge in [-0.05, 0) is 54.7 Å². The van der Waals surface area contributed by atoms with Crippen molar-refractivity contribution in [2.24, 2.45) is 5.92 Å². The number of aromatic nitrogens is 1. The second kappa shape index (κ2) is 9.57. The average Bonchev–Trinajstić information content (AvgIpc) is 2.82. The summed E-state index contributed by atoms with van der Waals surface area (Å²) in [5.41, 5.74) is 1.47. The van der Waals surface area contributed by atoms with Crippen LogP contribution in [0.15, 0.2) is 72.9 Å². The molecule has 160 valence electrons. The lowest BCUT2D eigenvalue weighted by atomic mass is 9.87. The number of likely N-dealkylation sites (tertiary alicyclic amines) is 1. The van der Waals surface area contributed by atoms with E-state index in [4.69, 9.17) is 4.74 Å². The number of nitrogens with zero attached hydrogens (tertiary/aromatic N) is 2. The average molecular weight is 421 g/mol. The van der Waals surface area contributed by atoms with E-state index < -0.39 is 6.10 Å². The van der Waals surface area contributed by atoms with Crippen LogP contribution in [-0.2, 0) is 0 Å². The van der Waals surface area contributed by atoms with Gasteiger partial charge < -0.3 is 20.1 Å². The van der Waals surface area contributed by atoms with Crippen molar-refractivity contribution < 1.29 is 19.0 Å². The number of rotatable bonds is 5. The Balaban J connectivity index is 1.27. The van der Waals surface area contributed by atoms with Gasteiger partial charge >= 0.3 is 6.03 Å². The van der Waals surface area contributed by atoms with Crippen LogP contribution in [0.2, 0.25) is 0 Å². The van der Waals surface area contributed by atoms with Crippen LogP contribution in [0, 0.1) is 11.7 Å². The Morgan fingerprint density at radius 1 is 1.06 bits per heavy atom. The molecule has 0 spiro atoms. The van der Waals surface area contributed by atoms with E-state index in [9.17, 15) is 14.3 Å². The third kappa shape index (κ3) is 5.38. The van der Waals surface area contributed by atoms with E-state index in [1.165, 1.54) is 30.5 Å². The maximum Gasteiger partial charge on any atom is 0.321 e. The first-order valence-electron chi connectivity index (χ1n) is 10.3. The number of aliphatic hydroxyl groups is 1. The third-order valence-corrected chi connectivity index (χ3v) is 5.44. The summed E-state index contributed by atoms with van der Waals surface area (Å²) in [5.74, 6) is 0.625. The zero-order valence-corrected chi connectivity index (χ0v) is 16.9. The standard InChI is InChI=1S/C24H24FN3O3/c25-19-6-9-21(10-7-19)31-22-11-8-20(16-26-22)27-24(30)28-14-12-18(13-15-28)23(29)17-4-2-1-3-5-17/h1-11,16,18,23,29H,12-15H2,(H,27,30). The van der Waals surface area contributed by atoms with Crippen LogP contribution in [0.4, 0.5) is 14.9 Å². The summed E-state index contributed by atoms with van der Waals surface area (Å²) in [6.07, 6.45) is 2.49. The molecule has 2 aromatic carbocycles. The number of anilines is 1. The van der Waals surface area contributed by atoms with Crippen LogP contribution in [0.3, 0.4) is 0 Å². The molecule has 6 nitrogen and oxygen atoms in total. The normalized spacial score (nSPS) is 15.4. The number of carbonyl (C=O) groups is 1. The fourth-order valence-electron chi connectivity index (χ4n) is 3.68. The molecule has 1 aromatic heterocycles. The number of hydrogen-bond donors (Lipinski definition) is 2. The number of amides is 2. The van der Waals surface area contributed by atoms with Gasteiger partial charge in [-0.15, -0.1) is 0 Å². The number of halogens is 1. The van der Waals surface area contributed by atoms with Gasteiger partial charge in [0.05, 0.1) is 18.0 Å². The van der Waals surface area contributed by atoms with Gasteiger partial charge in [0.1, 0.15) is 11.6 Å². The number of hydrogen-bond acceptors (Lipinski definition) is 4. The van der Waals surface area contributed by atoms with E-state index in [0.29, 0.717) is 30.4 Å². The van der Waals surface area contributed by atoms with Gasteiger partial charge in [-0.25, -0.2) is 14.2 Å². The van der Waals surface area contributed by atoms with Crippen LogP contribution in [0.5, 0.6) is 11.6 Å². The summed E-state index contributed by atoms with van der Waals surface area (Å²) in [4.78, 5) is 18.5. The number of piperidine rings is 1. The van der Waals surface area contributed by atoms with Crippen LogP contribution in [0.25, 0.3) is 0 Å². The van der Waals surface area contributed by atoms with E-state index in [1.54, 1.807) is 17.0 Å². The summed E-state index contributed by atoms with van der Waals surface area (Å²) in [7, 11) is 0. The summed E-state index contributed by atoms with van der Waals surface area (Å²) in [6, 6.07) is 18.4. The number of carbonyl (C=O) groups excluding carboxylic acids is 1. The summed E-state index contributed by atoms with van der Waals surface area (Å²) in [6.45, 7) is 1.17.